The fourth-order valence-electron chi connectivity index (χ4n) is 1.19. The van der Waals surface area contributed by atoms with E-state index >= 15 is 0 Å². The van der Waals surface area contributed by atoms with Gasteiger partial charge in [0, 0.05) is 10.2 Å². The molecule has 82 valence electrons. The third-order valence-electron chi connectivity index (χ3n) is 2.14. The summed E-state index contributed by atoms with van der Waals surface area (Å²) >= 11 is 3.39. The van der Waals surface area contributed by atoms with Crippen molar-refractivity contribution in [1.82, 2.24) is 5.32 Å². The minimum absolute atomic E-state index is 0.0324. The third kappa shape index (κ3) is 3.64. The maximum Gasteiger partial charge on any atom is 0.241 e. The van der Waals surface area contributed by atoms with E-state index in [4.69, 9.17) is 0 Å². The number of likely N-dealkylation sites (N-methyl/N-ethyl adjacent to an activating group) is 1. The lowest BCUT2D eigenvalue weighted by Crippen LogP contribution is -2.35. The number of carbonyl (C=O) groups excluding carboxylic acids is 1. The molecule has 0 radical (unpaired) electrons. The number of hydrogen-bond donors (Lipinski definition) is 2. The van der Waals surface area contributed by atoms with Crippen LogP contribution >= 0.6 is 15.9 Å². The van der Waals surface area contributed by atoms with Gasteiger partial charge in [-0.1, -0.05) is 15.9 Å². The number of aryl methyl sites for hydroxylation is 1. The lowest BCUT2D eigenvalue weighted by molar-refractivity contribution is -0.117. The normalized spacial score (nSPS) is 12.3. The Morgan fingerprint density at radius 2 is 2.07 bits per heavy atom. The molecule has 0 saturated heterocycles. The molecule has 4 heteroatoms. The smallest absolute Gasteiger partial charge is 0.241 e. The molecule has 0 saturated carbocycles. The van der Waals surface area contributed by atoms with Crippen LogP contribution in [0.2, 0.25) is 0 Å². The summed E-state index contributed by atoms with van der Waals surface area (Å²) < 4.78 is 0.968. The van der Waals surface area contributed by atoms with Gasteiger partial charge >= 0.3 is 0 Å². The molecule has 0 aliphatic rings. The number of benzene rings is 1. The zero-order chi connectivity index (χ0) is 11.4. The molecule has 0 aliphatic carbocycles. The Hall–Kier alpha value is -0.870. The molecule has 0 spiro atoms. The molecule has 1 aromatic carbocycles. The SMILES string of the molecule is CNC(C)C(=O)Nc1cc(C)cc(Br)c1. The predicted molar refractivity (Wildman–Crippen MR) is 66.0 cm³/mol. The number of rotatable bonds is 3. The van der Waals surface area contributed by atoms with Crippen LogP contribution in [0.1, 0.15) is 12.5 Å². The largest absolute Gasteiger partial charge is 0.325 e. The Labute approximate surface area is 98.4 Å². The zero-order valence-corrected chi connectivity index (χ0v) is 10.7. The molecule has 0 bridgehead atoms. The average Bonchev–Trinajstić information content (AvgIpc) is 2.14. The highest BCUT2D eigenvalue weighted by Crippen LogP contribution is 2.19. The predicted octanol–water partition coefficient (Wildman–Crippen LogP) is 2.30. The molecule has 2 N–H and O–H groups in total. The molecule has 1 atom stereocenters. The van der Waals surface area contributed by atoms with Gasteiger partial charge < -0.3 is 10.6 Å². The molecule has 15 heavy (non-hydrogen) atoms. The molecule has 0 aromatic heterocycles. The molecular formula is C11H15BrN2O. The summed E-state index contributed by atoms with van der Waals surface area (Å²) in [5, 5.41) is 5.73. The quantitative estimate of drug-likeness (QED) is 0.885. The van der Waals surface area contributed by atoms with Gasteiger partial charge in [-0.25, -0.2) is 0 Å². The second-order valence-corrected chi connectivity index (χ2v) is 4.43. The number of nitrogens with one attached hydrogen (secondary N) is 2. The van der Waals surface area contributed by atoms with Crippen LogP contribution in [0.25, 0.3) is 0 Å². The van der Waals surface area contributed by atoms with Crippen LogP contribution in [0, 0.1) is 6.92 Å². The van der Waals surface area contributed by atoms with Gasteiger partial charge in [-0.2, -0.15) is 0 Å². The first-order valence-electron chi connectivity index (χ1n) is 4.78. The van der Waals surface area contributed by atoms with Crippen LogP contribution < -0.4 is 10.6 Å². The van der Waals surface area contributed by atoms with Crippen LogP contribution in [0.15, 0.2) is 22.7 Å². The number of anilines is 1. The van der Waals surface area contributed by atoms with Gasteiger partial charge in [0.05, 0.1) is 6.04 Å². The van der Waals surface area contributed by atoms with Gasteiger partial charge in [0.1, 0.15) is 0 Å². The molecular weight excluding hydrogens is 256 g/mol. The lowest BCUT2D eigenvalue weighted by atomic mass is 10.2. The first kappa shape index (κ1) is 12.2. The van der Waals surface area contributed by atoms with Crippen molar-refractivity contribution < 1.29 is 4.79 Å². The van der Waals surface area contributed by atoms with Crippen molar-refractivity contribution in [2.75, 3.05) is 12.4 Å². The number of hydrogen-bond acceptors (Lipinski definition) is 2. The van der Waals surface area contributed by atoms with Gasteiger partial charge in [-0.3, -0.25) is 4.79 Å². The molecule has 0 heterocycles. The van der Waals surface area contributed by atoms with Crippen molar-refractivity contribution in [3.8, 4) is 0 Å². The molecule has 1 rings (SSSR count). The summed E-state index contributed by atoms with van der Waals surface area (Å²) in [5.41, 5.74) is 1.92. The van der Waals surface area contributed by atoms with E-state index in [1.54, 1.807) is 7.05 Å². The minimum Gasteiger partial charge on any atom is -0.325 e. The highest BCUT2D eigenvalue weighted by atomic mass is 79.9. The molecule has 1 unspecified atom stereocenters. The van der Waals surface area contributed by atoms with Gasteiger partial charge in [0.2, 0.25) is 5.91 Å². The van der Waals surface area contributed by atoms with E-state index in [9.17, 15) is 4.79 Å². The topological polar surface area (TPSA) is 41.1 Å². The Morgan fingerprint density at radius 1 is 1.40 bits per heavy atom. The van der Waals surface area contributed by atoms with E-state index in [-0.39, 0.29) is 11.9 Å². The molecule has 0 fully saturated rings. The maximum absolute atomic E-state index is 11.6. The minimum atomic E-state index is -0.190. The fraction of sp³-hybridized carbons (Fsp3) is 0.364. The number of halogens is 1. The molecule has 1 aromatic rings. The fourth-order valence-corrected chi connectivity index (χ4v) is 1.80. The summed E-state index contributed by atoms with van der Waals surface area (Å²) in [4.78, 5) is 11.6. The highest BCUT2D eigenvalue weighted by Gasteiger charge is 2.10. The van der Waals surface area contributed by atoms with Gasteiger partial charge in [0.25, 0.3) is 0 Å². The second-order valence-electron chi connectivity index (χ2n) is 3.52. The van der Waals surface area contributed by atoms with E-state index in [0.717, 1.165) is 15.7 Å². The Morgan fingerprint density at radius 3 is 2.60 bits per heavy atom. The monoisotopic (exact) mass is 270 g/mol. The summed E-state index contributed by atoms with van der Waals surface area (Å²) in [5.74, 6) is -0.0324. The van der Waals surface area contributed by atoms with Crippen LogP contribution in [0.4, 0.5) is 5.69 Å². The van der Waals surface area contributed by atoms with Crippen LogP contribution in [-0.2, 0) is 4.79 Å². The van der Waals surface area contributed by atoms with Crippen LogP contribution in [-0.4, -0.2) is 19.0 Å². The summed E-state index contributed by atoms with van der Waals surface area (Å²) in [6, 6.07) is 5.62. The van der Waals surface area contributed by atoms with Crippen molar-refractivity contribution in [1.29, 1.82) is 0 Å². The van der Waals surface area contributed by atoms with Crippen molar-refractivity contribution in [2.24, 2.45) is 0 Å². The van der Waals surface area contributed by atoms with Gasteiger partial charge in [-0.05, 0) is 44.7 Å². The van der Waals surface area contributed by atoms with Crippen molar-refractivity contribution in [3.05, 3.63) is 28.2 Å². The first-order chi connectivity index (χ1) is 7.02. The Balaban J connectivity index is 2.76. The maximum atomic E-state index is 11.6. The first-order valence-corrected chi connectivity index (χ1v) is 5.57. The Kier molecular flexibility index (Phi) is 4.29. The Bertz CT molecular complexity index is 345. The van der Waals surface area contributed by atoms with Crippen LogP contribution in [0.3, 0.4) is 0 Å². The molecule has 3 nitrogen and oxygen atoms in total. The van der Waals surface area contributed by atoms with Gasteiger partial charge in [0.15, 0.2) is 0 Å². The highest BCUT2D eigenvalue weighted by molar-refractivity contribution is 9.10. The van der Waals surface area contributed by atoms with Crippen molar-refractivity contribution >= 4 is 27.5 Å². The molecule has 1 amide bonds. The summed E-state index contributed by atoms with van der Waals surface area (Å²) in [7, 11) is 1.76. The van der Waals surface area contributed by atoms with E-state index < -0.39 is 0 Å². The van der Waals surface area contributed by atoms with Crippen molar-refractivity contribution in [2.45, 2.75) is 19.9 Å². The average molecular weight is 271 g/mol. The zero-order valence-electron chi connectivity index (χ0n) is 9.10. The summed E-state index contributed by atoms with van der Waals surface area (Å²) in [6.45, 7) is 3.81. The molecule has 0 aliphatic heterocycles. The third-order valence-corrected chi connectivity index (χ3v) is 2.59. The van der Waals surface area contributed by atoms with E-state index in [2.05, 4.69) is 26.6 Å². The summed E-state index contributed by atoms with van der Waals surface area (Å²) in [6.07, 6.45) is 0. The van der Waals surface area contributed by atoms with Crippen LogP contribution in [0.5, 0.6) is 0 Å². The van der Waals surface area contributed by atoms with Gasteiger partial charge in [-0.15, -0.1) is 0 Å². The van der Waals surface area contributed by atoms with E-state index in [1.807, 2.05) is 32.0 Å². The van der Waals surface area contributed by atoms with E-state index in [1.165, 1.54) is 0 Å². The standard InChI is InChI=1S/C11H15BrN2O/c1-7-4-9(12)6-10(5-7)14-11(15)8(2)13-3/h4-6,8,13H,1-3H3,(H,14,15). The van der Waals surface area contributed by atoms with E-state index in [0.29, 0.717) is 0 Å². The van der Waals surface area contributed by atoms with Crippen molar-refractivity contribution in [3.63, 3.8) is 0 Å². The number of amides is 1. The second kappa shape index (κ2) is 5.28. The number of carbonyl (C=O) groups is 1. The lowest BCUT2D eigenvalue weighted by Gasteiger charge is -2.11.